The summed E-state index contributed by atoms with van der Waals surface area (Å²) in [6.07, 6.45) is 1.99. The van der Waals surface area contributed by atoms with Crippen LogP contribution in [0.5, 0.6) is 0 Å². The molecule has 1 rings (SSSR count). The van der Waals surface area contributed by atoms with Crippen LogP contribution in [0.15, 0.2) is 30.9 Å². The van der Waals surface area contributed by atoms with Crippen LogP contribution in [0.4, 0.5) is 0 Å². The van der Waals surface area contributed by atoms with Gasteiger partial charge in [0.15, 0.2) is 0 Å². The van der Waals surface area contributed by atoms with Crippen molar-refractivity contribution in [1.82, 2.24) is 0 Å². The summed E-state index contributed by atoms with van der Waals surface area (Å²) in [4.78, 5) is 11.2. The fraction of sp³-hybridized carbons (Fsp3) is 0.357. The zero-order valence-corrected chi connectivity index (χ0v) is 10.1. The lowest BCUT2D eigenvalue weighted by Gasteiger charge is -2.20. The maximum Gasteiger partial charge on any atom is 0.313 e. The number of carboxylic acid groups (broad SMARTS) is 1. The normalized spacial score (nSPS) is 14.2. The van der Waals surface area contributed by atoms with Crippen LogP contribution >= 0.6 is 0 Å². The topological polar surface area (TPSA) is 37.3 Å². The highest BCUT2D eigenvalue weighted by Crippen LogP contribution is 2.25. The molecule has 0 saturated carbocycles. The average molecular weight is 218 g/mol. The quantitative estimate of drug-likeness (QED) is 0.788. The molecule has 16 heavy (non-hydrogen) atoms. The molecule has 86 valence electrons. The van der Waals surface area contributed by atoms with E-state index in [9.17, 15) is 4.79 Å². The van der Waals surface area contributed by atoms with Crippen LogP contribution in [0.2, 0.25) is 0 Å². The average Bonchev–Trinajstić information content (AvgIpc) is 2.15. The zero-order valence-electron chi connectivity index (χ0n) is 10.1. The second kappa shape index (κ2) is 4.52. The smallest absolute Gasteiger partial charge is 0.313 e. The number of carboxylic acids is 1. The highest BCUT2D eigenvalue weighted by molar-refractivity contribution is 5.76. The van der Waals surface area contributed by atoms with E-state index in [-0.39, 0.29) is 0 Å². The first-order chi connectivity index (χ1) is 7.37. The van der Waals surface area contributed by atoms with Crippen LogP contribution in [0, 0.1) is 19.3 Å². The van der Waals surface area contributed by atoms with Gasteiger partial charge in [-0.2, -0.15) is 0 Å². The van der Waals surface area contributed by atoms with E-state index in [0.717, 1.165) is 16.7 Å². The lowest BCUT2D eigenvalue weighted by Crippen LogP contribution is -2.27. The van der Waals surface area contributed by atoms with Gasteiger partial charge in [0, 0.05) is 0 Å². The zero-order chi connectivity index (χ0) is 12.3. The molecule has 0 amide bonds. The fourth-order valence-electron chi connectivity index (χ4n) is 1.83. The molecule has 0 bridgehead atoms. The number of benzene rings is 1. The van der Waals surface area contributed by atoms with Crippen molar-refractivity contribution in [2.75, 3.05) is 0 Å². The molecule has 1 aromatic carbocycles. The lowest BCUT2D eigenvalue weighted by atomic mass is 9.83. The molecule has 1 unspecified atom stereocenters. The molecule has 0 aliphatic heterocycles. The van der Waals surface area contributed by atoms with Crippen molar-refractivity contribution in [2.24, 2.45) is 5.41 Å². The monoisotopic (exact) mass is 218 g/mol. The third kappa shape index (κ3) is 2.72. The summed E-state index contributed by atoms with van der Waals surface area (Å²) in [5.41, 5.74) is 2.47. The predicted octanol–water partition coefficient (Wildman–Crippen LogP) is 3.12. The Hall–Kier alpha value is -1.57. The Labute approximate surface area is 96.6 Å². The van der Waals surface area contributed by atoms with Gasteiger partial charge in [0.25, 0.3) is 0 Å². The Morgan fingerprint density at radius 3 is 2.25 bits per heavy atom. The second-order valence-corrected chi connectivity index (χ2v) is 4.60. The molecule has 0 aliphatic carbocycles. The Balaban J connectivity index is 3.03. The van der Waals surface area contributed by atoms with Crippen molar-refractivity contribution in [3.05, 3.63) is 47.5 Å². The van der Waals surface area contributed by atoms with Gasteiger partial charge >= 0.3 is 5.97 Å². The Morgan fingerprint density at radius 1 is 1.38 bits per heavy atom. The minimum atomic E-state index is -0.889. The maximum absolute atomic E-state index is 11.2. The van der Waals surface area contributed by atoms with Crippen LogP contribution in [-0.4, -0.2) is 11.1 Å². The Kier molecular flexibility index (Phi) is 3.53. The summed E-state index contributed by atoms with van der Waals surface area (Å²) >= 11 is 0. The Bertz CT molecular complexity index is 400. The third-order valence-electron chi connectivity index (χ3n) is 2.79. The number of hydrogen-bond acceptors (Lipinski definition) is 1. The van der Waals surface area contributed by atoms with Crippen molar-refractivity contribution >= 4 is 5.97 Å². The minimum absolute atomic E-state index is 0.481. The van der Waals surface area contributed by atoms with E-state index in [1.165, 1.54) is 6.08 Å². The number of aliphatic carboxylic acids is 1. The first-order valence-corrected chi connectivity index (χ1v) is 5.31. The van der Waals surface area contributed by atoms with Gasteiger partial charge in [-0.3, -0.25) is 4.79 Å². The second-order valence-electron chi connectivity index (χ2n) is 4.60. The molecular weight excluding hydrogens is 200 g/mol. The largest absolute Gasteiger partial charge is 0.481 e. The van der Waals surface area contributed by atoms with E-state index < -0.39 is 11.4 Å². The SMILES string of the molecule is C=CC(C)(Cc1cc(C)cc(C)c1)C(=O)O. The number of aryl methyl sites for hydroxylation is 2. The van der Waals surface area contributed by atoms with Gasteiger partial charge in [-0.25, -0.2) is 0 Å². The number of rotatable bonds is 4. The molecule has 0 saturated heterocycles. The van der Waals surface area contributed by atoms with E-state index in [1.54, 1.807) is 6.92 Å². The number of carbonyl (C=O) groups is 1. The molecule has 2 heteroatoms. The molecule has 0 heterocycles. The molecule has 1 N–H and O–H groups in total. The van der Waals surface area contributed by atoms with Crippen LogP contribution < -0.4 is 0 Å². The van der Waals surface area contributed by atoms with E-state index in [4.69, 9.17) is 5.11 Å². The van der Waals surface area contributed by atoms with Crippen molar-refractivity contribution in [3.63, 3.8) is 0 Å². The summed E-state index contributed by atoms with van der Waals surface area (Å²) in [7, 11) is 0. The highest BCUT2D eigenvalue weighted by Gasteiger charge is 2.29. The Morgan fingerprint density at radius 2 is 1.88 bits per heavy atom. The van der Waals surface area contributed by atoms with Gasteiger partial charge < -0.3 is 5.11 Å². The maximum atomic E-state index is 11.2. The molecule has 0 radical (unpaired) electrons. The van der Waals surface area contributed by atoms with Crippen LogP contribution in [-0.2, 0) is 11.2 Å². The van der Waals surface area contributed by atoms with E-state index in [2.05, 4.69) is 12.6 Å². The predicted molar refractivity (Wildman–Crippen MR) is 65.6 cm³/mol. The highest BCUT2D eigenvalue weighted by atomic mass is 16.4. The molecule has 0 fully saturated rings. The summed E-state index contributed by atoms with van der Waals surface area (Å²) < 4.78 is 0. The molecule has 1 atom stereocenters. The third-order valence-corrected chi connectivity index (χ3v) is 2.79. The lowest BCUT2D eigenvalue weighted by molar-refractivity contribution is -0.145. The van der Waals surface area contributed by atoms with Crippen molar-refractivity contribution in [3.8, 4) is 0 Å². The van der Waals surface area contributed by atoms with Gasteiger partial charge in [0.05, 0.1) is 5.41 Å². The van der Waals surface area contributed by atoms with Crippen molar-refractivity contribution < 1.29 is 9.90 Å². The fourth-order valence-corrected chi connectivity index (χ4v) is 1.83. The molecule has 0 aliphatic rings. The van der Waals surface area contributed by atoms with Crippen LogP contribution in [0.3, 0.4) is 0 Å². The minimum Gasteiger partial charge on any atom is -0.481 e. The first-order valence-electron chi connectivity index (χ1n) is 5.31. The molecular formula is C14H18O2. The number of hydrogen-bond donors (Lipinski definition) is 1. The van der Waals surface area contributed by atoms with E-state index in [0.29, 0.717) is 6.42 Å². The first kappa shape index (κ1) is 12.5. The van der Waals surface area contributed by atoms with Crippen molar-refractivity contribution in [2.45, 2.75) is 27.2 Å². The summed E-state index contributed by atoms with van der Waals surface area (Å²) in [6, 6.07) is 6.13. The molecule has 0 spiro atoms. The van der Waals surface area contributed by atoms with Crippen molar-refractivity contribution in [1.29, 1.82) is 0 Å². The van der Waals surface area contributed by atoms with Crippen LogP contribution in [0.1, 0.15) is 23.6 Å². The van der Waals surface area contributed by atoms with Crippen LogP contribution in [0.25, 0.3) is 0 Å². The van der Waals surface area contributed by atoms with Gasteiger partial charge in [-0.05, 0) is 32.8 Å². The standard InChI is InChI=1S/C14H18O2/c1-5-14(4,13(15)16)9-12-7-10(2)6-11(3)8-12/h5-8H,1,9H2,2-4H3,(H,15,16). The molecule has 0 aromatic heterocycles. The van der Waals surface area contributed by atoms with Gasteiger partial charge in [0.1, 0.15) is 0 Å². The summed E-state index contributed by atoms with van der Waals surface area (Å²) in [6.45, 7) is 9.34. The van der Waals surface area contributed by atoms with Gasteiger partial charge in [-0.15, -0.1) is 6.58 Å². The van der Waals surface area contributed by atoms with E-state index >= 15 is 0 Å². The summed E-state index contributed by atoms with van der Waals surface area (Å²) in [5, 5.41) is 9.16. The van der Waals surface area contributed by atoms with E-state index in [1.807, 2.05) is 26.0 Å². The van der Waals surface area contributed by atoms with Gasteiger partial charge in [-0.1, -0.05) is 35.4 Å². The summed E-state index contributed by atoms with van der Waals surface area (Å²) in [5.74, 6) is -0.832. The van der Waals surface area contributed by atoms with Gasteiger partial charge in [0.2, 0.25) is 0 Å². The molecule has 2 nitrogen and oxygen atoms in total. The molecule has 1 aromatic rings.